The minimum Gasteiger partial charge on any atom is -0.361 e. The molecule has 0 radical (unpaired) electrons. The Morgan fingerprint density at radius 1 is 1.39 bits per heavy atom. The molecule has 0 aliphatic rings. The van der Waals surface area contributed by atoms with Crippen molar-refractivity contribution in [1.29, 1.82) is 0 Å². The van der Waals surface area contributed by atoms with Crippen molar-refractivity contribution in [2.45, 2.75) is 20.4 Å². The van der Waals surface area contributed by atoms with Crippen LogP contribution in [-0.4, -0.2) is 32.9 Å². The van der Waals surface area contributed by atoms with E-state index in [1.807, 2.05) is 39.1 Å². The Kier molecular flexibility index (Phi) is 3.77. The fraction of sp³-hybridized carbons (Fsp3) is 0.312. The average molecular weight is 313 g/mol. The third-order valence-corrected chi connectivity index (χ3v) is 3.92. The zero-order chi connectivity index (χ0) is 16.6. The molecule has 2 amide bonds. The summed E-state index contributed by atoms with van der Waals surface area (Å²) >= 11 is 0. The topological polar surface area (TPSA) is 76.2 Å². The summed E-state index contributed by atoms with van der Waals surface area (Å²) in [6, 6.07) is 5.52. The SMILES string of the molecule is Cc1noc(C)c1CN(C)C(=O)Nc1ccc2c(cnn2C)c1. The van der Waals surface area contributed by atoms with Crippen molar-refractivity contribution in [3.63, 3.8) is 0 Å². The van der Waals surface area contributed by atoms with Crippen LogP contribution in [0.5, 0.6) is 0 Å². The molecule has 1 N–H and O–H groups in total. The number of benzene rings is 1. The van der Waals surface area contributed by atoms with Crippen LogP contribution in [0.25, 0.3) is 10.9 Å². The molecule has 2 aromatic heterocycles. The molecular formula is C16H19N5O2. The van der Waals surface area contributed by atoms with Crippen LogP contribution in [0.4, 0.5) is 10.5 Å². The molecule has 0 aliphatic carbocycles. The van der Waals surface area contributed by atoms with E-state index in [-0.39, 0.29) is 6.03 Å². The first kappa shape index (κ1) is 15.1. The van der Waals surface area contributed by atoms with Gasteiger partial charge in [0.05, 0.1) is 24.0 Å². The third-order valence-electron chi connectivity index (χ3n) is 3.92. The fourth-order valence-electron chi connectivity index (χ4n) is 2.50. The quantitative estimate of drug-likeness (QED) is 0.806. The van der Waals surface area contributed by atoms with E-state index in [0.717, 1.165) is 33.6 Å². The largest absolute Gasteiger partial charge is 0.361 e. The number of urea groups is 1. The van der Waals surface area contributed by atoms with Gasteiger partial charge in [0.15, 0.2) is 0 Å². The number of fused-ring (bicyclic) bond motifs is 1. The Morgan fingerprint density at radius 3 is 2.87 bits per heavy atom. The van der Waals surface area contributed by atoms with Crippen LogP contribution in [0, 0.1) is 13.8 Å². The second kappa shape index (κ2) is 5.75. The molecule has 0 saturated heterocycles. The van der Waals surface area contributed by atoms with Gasteiger partial charge in [0.1, 0.15) is 5.76 Å². The van der Waals surface area contributed by atoms with Gasteiger partial charge in [-0.1, -0.05) is 5.16 Å². The van der Waals surface area contributed by atoms with Crippen molar-refractivity contribution in [2.24, 2.45) is 7.05 Å². The predicted octanol–water partition coefficient (Wildman–Crippen LogP) is 2.84. The number of aryl methyl sites for hydroxylation is 3. The molecule has 1 aromatic carbocycles. The highest BCUT2D eigenvalue weighted by Gasteiger charge is 2.15. The standard InChI is InChI=1S/C16H19N5O2/c1-10-14(11(2)23-19-10)9-20(3)16(22)18-13-5-6-15-12(7-13)8-17-21(15)4/h5-8H,9H2,1-4H3,(H,18,22). The lowest BCUT2D eigenvalue weighted by Gasteiger charge is -2.18. The average Bonchev–Trinajstić information content (AvgIpc) is 3.04. The minimum absolute atomic E-state index is 0.187. The molecule has 0 spiro atoms. The van der Waals surface area contributed by atoms with Gasteiger partial charge in [0, 0.05) is 30.7 Å². The molecule has 2 heterocycles. The van der Waals surface area contributed by atoms with Crippen LogP contribution in [0.2, 0.25) is 0 Å². The second-order valence-corrected chi connectivity index (χ2v) is 5.63. The lowest BCUT2D eigenvalue weighted by molar-refractivity contribution is 0.220. The number of carbonyl (C=O) groups is 1. The van der Waals surface area contributed by atoms with Crippen LogP contribution in [0.3, 0.4) is 0 Å². The number of amides is 2. The van der Waals surface area contributed by atoms with Crippen molar-refractivity contribution in [3.05, 3.63) is 41.4 Å². The number of nitrogens with one attached hydrogen (secondary N) is 1. The van der Waals surface area contributed by atoms with Crippen LogP contribution < -0.4 is 5.32 Å². The van der Waals surface area contributed by atoms with E-state index in [4.69, 9.17) is 4.52 Å². The Bertz CT molecular complexity index is 845. The molecule has 7 nitrogen and oxygen atoms in total. The summed E-state index contributed by atoms with van der Waals surface area (Å²) in [7, 11) is 3.63. The third kappa shape index (κ3) is 2.90. The van der Waals surface area contributed by atoms with Gasteiger partial charge < -0.3 is 14.7 Å². The van der Waals surface area contributed by atoms with Gasteiger partial charge in [-0.25, -0.2) is 4.79 Å². The summed E-state index contributed by atoms with van der Waals surface area (Å²) in [4.78, 5) is 13.9. The summed E-state index contributed by atoms with van der Waals surface area (Å²) in [6.07, 6.45) is 1.78. The van der Waals surface area contributed by atoms with E-state index in [1.54, 1.807) is 22.8 Å². The molecule has 0 atom stereocenters. The number of anilines is 1. The molecule has 0 bridgehead atoms. The molecule has 0 aliphatic heterocycles. The molecule has 3 rings (SSSR count). The Hall–Kier alpha value is -2.83. The normalized spacial score (nSPS) is 11.0. The van der Waals surface area contributed by atoms with Crippen LogP contribution >= 0.6 is 0 Å². The number of rotatable bonds is 3. The summed E-state index contributed by atoms with van der Waals surface area (Å²) < 4.78 is 6.92. The van der Waals surface area contributed by atoms with Gasteiger partial charge in [-0.05, 0) is 32.0 Å². The summed E-state index contributed by atoms with van der Waals surface area (Å²) in [5.41, 5.74) is 3.50. The minimum atomic E-state index is -0.187. The molecule has 120 valence electrons. The number of nitrogens with zero attached hydrogens (tertiary/aromatic N) is 4. The molecule has 0 unspecified atom stereocenters. The number of hydrogen-bond donors (Lipinski definition) is 1. The fourth-order valence-corrected chi connectivity index (χ4v) is 2.50. The molecule has 7 heteroatoms. The molecule has 23 heavy (non-hydrogen) atoms. The first-order valence-electron chi connectivity index (χ1n) is 7.31. The first-order valence-corrected chi connectivity index (χ1v) is 7.31. The molecule has 0 fully saturated rings. The highest BCUT2D eigenvalue weighted by molar-refractivity contribution is 5.92. The lowest BCUT2D eigenvalue weighted by Crippen LogP contribution is -2.31. The number of carbonyl (C=O) groups excluding carboxylic acids is 1. The smallest absolute Gasteiger partial charge is 0.321 e. The zero-order valence-corrected chi connectivity index (χ0v) is 13.6. The van der Waals surface area contributed by atoms with Gasteiger partial charge in [-0.2, -0.15) is 5.10 Å². The summed E-state index contributed by atoms with van der Waals surface area (Å²) in [5, 5.41) is 12.0. The van der Waals surface area contributed by atoms with Crippen LogP contribution in [0.15, 0.2) is 28.9 Å². The van der Waals surface area contributed by atoms with Crippen molar-refractivity contribution in [3.8, 4) is 0 Å². The van der Waals surface area contributed by atoms with E-state index < -0.39 is 0 Å². The van der Waals surface area contributed by atoms with E-state index >= 15 is 0 Å². The predicted molar refractivity (Wildman–Crippen MR) is 87.2 cm³/mol. The van der Waals surface area contributed by atoms with E-state index in [1.165, 1.54) is 0 Å². The van der Waals surface area contributed by atoms with E-state index in [9.17, 15) is 4.79 Å². The van der Waals surface area contributed by atoms with Gasteiger partial charge in [0.25, 0.3) is 0 Å². The van der Waals surface area contributed by atoms with Crippen molar-refractivity contribution in [2.75, 3.05) is 12.4 Å². The monoisotopic (exact) mass is 313 g/mol. The number of aromatic nitrogens is 3. The Labute approximate surface area is 133 Å². The number of hydrogen-bond acceptors (Lipinski definition) is 4. The Morgan fingerprint density at radius 2 is 2.17 bits per heavy atom. The van der Waals surface area contributed by atoms with Gasteiger partial charge in [-0.15, -0.1) is 0 Å². The lowest BCUT2D eigenvalue weighted by atomic mass is 10.2. The second-order valence-electron chi connectivity index (χ2n) is 5.63. The zero-order valence-electron chi connectivity index (χ0n) is 13.6. The van der Waals surface area contributed by atoms with E-state index in [2.05, 4.69) is 15.6 Å². The van der Waals surface area contributed by atoms with Gasteiger partial charge in [0.2, 0.25) is 0 Å². The Balaban J connectivity index is 1.72. The van der Waals surface area contributed by atoms with Gasteiger partial charge >= 0.3 is 6.03 Å². The maximum Gasteiger partial charge on any atom is 0.321 e. The molecular weight excluding hydrogens is 294 g/mol. The highest BCUT2D eigenvalue weighted by atomic mass is 16.5. The first-order chi connectivity index (χ1) is 11.0. The maximum atomic E-state index is 12.3. The maximum absolute atomic E-state index is 12.3. The van der Waals surface area contributed by atoms with Crippen molar-refractivity contribution >= 4 is 22.6 Å². The van der Waals surface area contributed by atoms with Gasteiger partial charge in [-0.3, -0.25) is 4.68 Å². The molecule has 0 saturated carbocycles. The highest BCUT2D eigenvalue weighted by Crippen LogP contribution is 2.19. The summed E-state index contributed by atoms with van der Waals surface area (Å²) in [6.45, 7) is 4.16. The van der Waals surface area contributed by atoms with Crippen molar-refractivity contribution in [1.82, 2.24) is 19.8 Å². The molecule has 3 aromatic rings. The van der Waals surface area contributed by atoms with Crippen LogP contribution in [-0.2, 0) is 13.6 Å². The summed E-state index contributed by atoms with van der Waals surface area (Å²) in [5.74, 6) is 0.735. The van der Waals surface area contributed by atoms with E-state index in [0.29, 0.717) is 6.54 Å². The van der Waals surface area contributed by atoms with Crippen LogP contribution in [0.1, 0.15) is 17.0 Å². The van der Waals surface area contributed by atoms with Crippen molar-refractivity contribution < 1.29 is 9.32 Å².